The lowest BCUT2D eigenvalue weighted by atomic mass is 9.96. The van der Waals surface area contributed by atoms with Crippen molar-refractivity contribution in [2.75, 3.05) is 10.6 Å². The van der Waals surface area contributed by atoms with Gasteiger partial charge in [0.15, 0.2) is 0 Å². The number of benzene rings is 3. The zero-order chi connectivity index (χ0) is 24.9. The molecule has 0 saturated heterocycles. The monoisotopic (exact) mass is 478 g/mol. The molecule has 0 saturated carbocycles. The first-order valence-electron chi connectivity index (χ1n) is 11.5. The number of rotatable bonds is 9. The highest BCUT2D eigenvalue weighted by Gasteiger charge is 2.20. The Bertz CT molecular complexity index is 1220. The highest BCUT2D eigenvalue weighted by atomic mass is 32.2. The topological polar surface area (TPSA) is 66.5 Å². The molecule has 0 aliphatic rings. The minimum atomic E-state index is -3.48. The van der Waals surface area contributed by atoms with E-state index in [4.69, 9.17) is 0 Å². The van der Waals surface area contributed by atoms with Crippen molar-refractivity contribution in [2.45, 2.75) is 46.7 Å². The minimum absolute atomic E-state index is 0.0705. The van der Waals surface area contributed by atoms with Crippen LogP contribution in [0, 0.1) is 19.8 Å². The van der Waals surface area contributed by atoms with Gasteiger partial charge >= 0.3 is 0 Å². The van der Waals surface area contributed by atoms with Gasteiger partial charge in [-0.15, -0.1) is 0 Å². The average Bonchev–Trinajstić information content (AvgIpc) is 2.79. The molecule has 0 heterocycles. The van der Waals surface area contributed by atoms with Crippen LogP contribution in [-0.2, 0) is 16.6 Å². The molecule has 3 aromatic rings. The molecule has 0 unspecified atom stereocenters. The van der Waals surface area contributed by atoms with Crippen LogP contribution in [0.2, 0.25) is 0 Å². The maximum absolute atomic E-state index is 13.0. The third kappa shape index (κ3) is 6.70. The Morgan fingerprint density at radius 1 is 0.912 bits per heavy atom. The molecular formula is C28H34N2O3S. The molecular weight excluding hydrogens is 444 g/mol. The maximum Gasteiger partial charge on any atom is 0.251 e. The van der Waals surface area contributed by atoms with Crippen molar-refractivity contribution in [3.8, 4) is 0 Å². The number of hydrogen-bond donors (Lipinski definition) is 1. The first kappa shape index (κ1) is 25.5. The molecule has 180 valence electrons. The van der Waals surface area contributed by atoms with E-state index >= 15 is 0 Å². The predicted octanol–water partition coefficient (Wildman–Crippen LogP) is 5.79. The van der Waals surface area contributed by atoms with Gasteiger partial charge < -0.3 is 5.32 Å². The van der Waals surface area contributed by atoms with E-state index in [-0.39, 0.29) is 18.5 Å². The van der Waals surface area contributed by atoms with Gasteiger partial charge in [0.2, 0.25) is 10.0 Å². The lowest BCUT2D eigenvalue weighted by Gasteiger charge is -2.24. The van der Waals surface area contributed by atoms with Gasteiger partial charge in [0.1, 0.15) is 0 Å². The second kappa shape index (κ2) is 10.9. The molecule has 1 amide bonds. The molecule has 0 spiro atoms. The van der Waals surface area contributed by atoms with Gasteiger partial charge in [-0.3, -0.25) is 9.10 Å². The van der Waals surface area contributed by atoms with Gasteiger partial charge in [0.25, 0.3) is 5.91 Å². The molecule has 0 aliphatic carbocycles. The van der Waals surface area contributed by atoms with Crippen LogP contribution in [0.1, 0.15) is 58.9 Å². The van der Waals surface area contributed by atoms with Gasteiger partial charge in [-0.1, -0.05) is 62.4 Å². The Morgan fingerprint density at radius 3 is 2.12 bits per heavy atom. The van der Waals surface area contributed by atoms with Crippen LogP contribution in [0.4, 0.5) is 5.69 Å². The second-order valence-electron chi connectivity index (χ2n) is 9.30. The van der Waals surface area contributed by atoms with Gasteiger partial charge in [-0.2, -0.15) is 0 Å². The smallest absolute Gasteiger partial charge is 0.251 e. The SMILES string of the molecule is Cc1ccc(N(Cc2ccc(C(=O)N[C@H](CC(C)C)c3ccccc3)cc2)S(C)(=O)=O)cc1C. The number of nitrogens with zero attached hydrogens (tertiary/aromatic N) is 1. The van der Waals surface area contributed by atoms with Gasteiger partial charge in [-0.25, -0.2) is 8.42 Å². The fraction of sp³-hybridized carbons (Fsp3) is 0.321. The summed E-state index contributed by atoms with van der Waals surface area (Å²) in [6.07, 6.45) is 2.05. The Morgan fingerprint density at radius 2 is 1.56 bits per heavy atom. The molecule has 6 heteroatoms. The lowest BCUT2D eigenvalue weighted by Crippen LogP contribution is -2.30. The van der Waals surface area contributed by atoms with Crippen LogP contribution in [0.5, 0.6) is 0 Å². The molecule has 0 aromatic heterocycles. The fourth-order valence-corrected chi connectivity index (χ4v) is 4.76. The summed E-state index contributed by atoms with van der Waals surface area (Å²) >= 11 is 0. The summed E-state index contributed by atoms with van der Waals surface area (Å²) in [6.45, 7) is 8.44. The molecule has 3 rings (SSSR count). The quantitative estimate of drug-likeness (QED) is 0.423. The maximum atomic E-state index is 13.0. The van der Waals surface area contributed by atoms with Crippen molar-refractivity contribution < 1.29 is 13.2 Å². The zero-order valence-electron chi connectivity index (χ0n) is 20.6. The summed E-state index contributed by atoms with van der Waals surface area (Å²) in [7, 11) is -3.48. The average molecular weight is 479 g/mol. The Kier molecular flexibility index (Phi) is 8.15. The zero-order valence-corrected chi connectivity index (χ0v) is 21.4. The van der Waals surface area contributed by atoms with Gasteiger partial charge in [0, 0.05) is 5.56 Å². The number of hydrogen-bond acceptors (Lipinski definition) is 3. The first-order valence-corrected chi connectivity index (χ1v) is 13.4. The number of anilines is 1. The minimum Gasteiger partial charge on any atom is -0.345 e. The second-order valence-corrected chi connectivity index (χ2v) is 11.2. The van der Waals surface area contributed by atoms with E-state index < -0.39 is 10.0 Å². The third-order valence-corrected chi connectivity index (χ3v) is 7.08. The summed E-state index contributed by atoms with van der Waals surface area (Å²) < 4.78 is 26.4. The van der Waals surface area contributed by atoms with Crippen molar-refractivity contribution in [2.24, 2.45) is 5.92 Å². The van der Waals surface area contributed by atoms with E-state index in [2.05, 4.69) is 19.2 Å². The number of carbonyl (C=O) groups excluding carboxylic acids is 1. The van der Waals surface area contributed by atoms with E-state index in [9.17, 15) is 13.2 Å². The van der Waals surface area contributed by atoms with Crippen LogP contribution in [0.3, 0.4) is 0 Å². The van der Waals surface area contributed by atoms with Gasteiger partial charge in [0.05, 0.1) is 24.5 Å². The van der Waals surface area contributed by atoms with Crippen molar-refractivity contribution in [1.29, 1.82) is 0 Å². The van der Waals surface area contributed by atoms with E-state index in [1.54, 1.807) is 12.1 Å². The van der Waals surface area contributed by atoms with Crippen LogP contribution in [0.15, 0.2) is 72.8 Å². The summed E-state index contributed by atoms with van der Waals surface area (Å²) in [5.74, 6) is 0.287. The molecule has 0 bridgehead atoms. The van der Waals surface area contributed by atoms with Crippen LogP contribution in [0.25, 0.3) is 0 Å². The summed E-state index contributed by atoms with van der Waals surface area (Å²) in [4.78, 5) is 13.0. The largest absolute Gasteiger partial charge is 0.345 e. The predicted molar refractivity (Wildman–Crippen MR) is 139 cm³/mol. The van der Waals surface area contributed by atoms with Gasteiger partial charge in [-0.05, 0) is 72.7 Å². The fourth-order valence-electron chi connectivity index (χ4n) is 3.88. The first-order chi connectivity index (χ1) is 16.0. The number of carbonyl (C=O) groups is 1. The summed E-state index contributed by atoms with van der Waals surface area (Å²) in [5.41, 5.74) is 5.21. The number of aryl methyl sites for hydroxylation is 2. The molecule has 1 atom stereocenters. The Labute approximate surface area is 203 Å². The van der Waals surface area contributed by atoms with Crippen molar-refractivity contribution in [3.05, 3.63) is 101 Å². The highest BCUT2D eigenvalue weighted by molar-refractivity contribution is 7.92. The summed E-state index contributed by atoms with van der Waals surface area (Å²) in [6, 6.07) is 22.7. The Hall–Kier alpha value is -3.12. The molecule has 1 N–H and O–H groups in total. The van der Waals surface area contributed by atoms with Crippen LogP contribution in [-0.4, -0.2) is 20.6 Å². The lowest BCUT2D eigenvalue weighted by molar-refractivity contribution is 0.0932. The van der Waals surface area contributed by atoms with Crippen LogP contribution >= 0.6 is 0 Å². The Balaban J connectivity index is 1.77. The van der Waals surface area contributed by atoms with Crippen LogP contribution < -0.4 is 9.62 Å². The van der Waals surface area contributed by atoms with E-state index in [1.807, 2.05) is 74.5 Å². The van der Waals surface area contributed by atoms with E-state index in [1.165, 1.54) is 10.6 Å². The normalized spacial score (nSPS) is 12.4. The third-order valence-electron chi connectivity index (χ3n) is 5.94. The highest BCUT2D eigenvalue weighted by Crippen LogP contribution is 2.24. The number of sulfonamides is 1. The molecule has 3 aromatic carbocycles. The standard InChI is InChI=1S/C28H34N2O3S/c1-20(2)17-27(24-9-7-6-8-10-24)29-28(31)25-14-12-23(13-15-25)19-30(34(5,32)33)26-16-11-21(3)22(4)18-26/h6-16,18,20,27H,17,19H2,1-5H3,(H,29,31)/t27-/m1/s1. The van der Waals surface area contributed by atoms with Crippen molar-refractivity contribution >= 4 is 21.6 Å². The molecule has 34 heavy (non-hydrogen) atoms. The molecule has 5 nitrogen and oxygen atoms in total. The number of amides is 1. The van der Waals surface area contributed by atoms with Crippen molar-refractivity contribution in [3.63, 3.8) is 0 Å². The molecule has 0 fully saturated rings. The summed E-state index contributed by atoms with van der Waals surface area (Å²) in [5, 5.41) is 3.16. The number of nitrogens with one attached hydrogen (secondary N) is 1. The van der Waals surface area contributed by atoms with E-state index in [0.717, 1.165) is 28.7 Å². The molecule has 0 aliphatic heterocycles. The molecule has 0 radical (unpaired) electrons. The van der Waals surface area contributed by atoms with E-state index in [0.29, 0.717) is 17.2 Å². The van der Waals surface area contributed by atoms with Crippen molar-refractivity contribution in [1.82, 2.24) is 5.32 Å².